The summed E-state index contributed by atoms with van der Waals surface area (Å²) in [5.41, 5.74) is 3.39. The quantitative estimate of drug-likeness (QED) is 0.828. The predicted octanol–water partition coefficient (Wildman–Crippen LogP) is 5.32. The first-order valence-electron chi connectivity index (χ1n) is 7.18. The van der Waals surface area contributed by atoms with Crippen molar-refractivity contribution < 1.29 is 0 Å². The molecule has 0 atom stereocenters. The van der Waals surface area contributed by atoms with Gasteiger partial charge in [0.15, 0.2) is 0 Å². The van der Waals surface area contributed by atoms with Gasteiger partial charge in [-0.05, 0) is 36.5 Å². The van der Waals surface area contributed by atoms with Crippen LogP contribution in [0.3, 0.4) is 0 Å². The van der Waals surface area contributed by atoms with Crippen molar-refractivity contribution in [2.24, 2.45) is 0 Å². The van der Waals surface area contributed by atoms with Crippen molar-refractivity contribution in [3.05, 3.63) is 34.3 Å². The molecule has 0 radical (unpaired) electrons. The van der Waals surface area contributed by atoms with Crippen LogP contribution in [0.25, 0.3) is 10.9 Å². The summed E-state index contributed by atoms with van der Waals surface area (Å²) in [4.78, 5) is 4.80. The van der Waals surface area contributed by atoms with Gasteiger partial charge in [0.2, 0.25) is 0 Å². The normalized spacial score (nSPS) is 11.9. The van der Waals surface area contributed by atoms with Crippen LogP contribution in [0.15, 0.2) is 18.2 Å². The van der Waals surface area contributed by atoms with Crippen LogP contribution in [0, 0.1) is 6.92 Å². The molecule has 0 aliphatic heterocycles. The lowest BCUT2D eigenvalue weighted by Gasteiger charge is -2.24. The summed E-state index contributed by atoms with van der Waals surface area (Å²) in [6.07, 6.45) is 1.07. The molecule has 0 bridgehead atoms. The zero-order chi connectivity index (χ0) is 14.9. The van der Waals surface area contributed by atoms with Crippen LogP contribution in [0.4, 0.5) is 5.82 Å². The molecule has 20 heavy (non-hydrogen) atoms. The van der Waals surface area contributed by atoms with Gasteiger partial charge in [0.1, 0.15) is 5.82 Å². The molecule has 1 heterocycles. The Balaban J connectivity index is 2.71. The van der Waals surface area contributed by atoms with Crippen molar-refractivity contribution in [3.8, 4) is 0 Å². The maximum Gasteiger partial charge on any atom is 0.130 e. The second-order valence-corrected chi connectivity index (χ2v) is 6.73. The molecule has 3 heteroatoms. The highest BCUT2D eigenvalue weighted by molar-refractivity contribution is 6.35. The molecule has 2 nitrogen and oxygen atoms in total. The van der Waals surface area contributed by atoms with Gasteiger partial charge in [-0.3, -0.25) is 0 Å². The van der Waals surface area contributed by atoms with Crippen LogP contribution < -0.4 is 5.32 Å². The number of anilines is 1. The van der Waals surface area contributed by atoms with E-state index in [1.165, 1.54) is 11.1 Å². The van der Waals surface area contributed by atoms with E-state index in [1.807, 2.05) is 6.07 Å². The number of aryl methyl sites for hydroxylation is 1. The molecule has 0 saturated carbocycles. The fraction of sp³-hybridized carbons (Fsp3) is 0.471. The first-order chi connectivity index (χ1) is 9.34. The first-order valence-corrected chi connectivity index (χ1v) is 7.56. The van der Waals surface area contributed by atoms with Gasteiger partial charge < -0.3 is 5.32 Å². The van der Waals surface area contributed by atoms with Crippen LogP contribution in [0.1, 0.15) is 45.2 Å². The summed E-state index contributed by atoms with van der Waals surface area (Å²) in [6.45, 7) is 11.8. The van der Waals surface area contributed by atoms with E-state index in [9.17, 15) is 0 Å². The predicted molar refractivity (Wildman–Crippen MR) is 89.0 cm³/mol. The van der Waals surface area contributed by atoms with Gasteiger partial charge in [0.25, 0.3) is 0 Å². The lowest BCUT2D eigenvalue weighted by Crippen LogP contribution is -2.17. The van der Waals surface area contributed by atoms with Crippen molar-refractivity contribution in [2.45, 2.75) is 46.5 Å². The van der Waals surface area contributed by atoms with E-state index < -0.39 is 0 Å². The standard InChI is InChI=1S/C17H23ClN2/c1-6-9-19-16-13(17(3,4)5)10-12-11(2)7-8-14(18)15(12)20-16/h7-8,10H,6,9H2,1-5H3,(H,19,20). The third-order valence-corrected chi connectivity index (χ3v) is 3.81. The number of nitrogens with one attached hydrogen (secondary N) is 1. The minimum atomic E-state index is 0.0476. The maximum atomic E-state index is 6.31. The van der Waals surface area contributed by atoms with Crippen LogP contribution in [0.2, 0.25) is 5.02 Å². The molecule has 1 aromatic heterocycles. The highest BCUT2D eigenvalue weighted by atomic mass is 35.5. The molecule has 1 N–H and O–H groups in total. The van der Waals surface area contributed by atoms with Crippen molar-refractivity contribution in [3.63, 3.8) is 0 Å². The average Bonchev–Trinajstić information content (AvgIpc) is 2.39. The molecule has 0 aliphatic carbocycles. The summed E-state index contributed by atoms with van der Waals surface area (Å²) in [7, 11) is 0. The minimum absolute atomic E-state index is 0.0476. The van der Waals surface area contributed by atoms with Crippen molar-refractivity contribution in [1.29, 1.82) is 0 Å². The molecule has 0 spiro atoms. The Morgan fingerprint density at radius 1 is 1.25 bits per heavy atom. The third-order valence-electron chi connectivity index (χ3n) is 3.50. The number of fused-ring (bicyclic) bond motifs is 1. The summed E-state index contributed by atoms with van der Waals surface area (Å²) >= 11 is 6.31. The number of benzene rings is 1. The van der Waals surface area contributed by atoms with Gasteiger partial charge in [0.05, 0.1) is 10.5 Å². The lowest BCUT2D eigenvalue weighted by molar-refractivity contribution is 0.590. The molecule has 0 saturated heterocycles. The number of rotatable bonds is 3. The smallest absolute Gasteiger partial charge is 0.130 e. The van der Waals surface area contributed by atoms with E-state index in [2.05, 4.69) is 52.1 Å². The Morgan fingerprint density at radius 2 is 1.95 bits per heavy atom. The number of nitrogens with zero attached hydrogens (tertiary/aromatic N) is 1. The highest BCUT2D eigenvalue weighted by Gasteiger charge is 2.21. The molecular weight excluding hydrogens is 268 g/mol. The molecule has 0 aliphatic rings. The zero-order valence-electron chi connectivity index (χ0n) is 13.0. The minimum Gasteiger partial charge on any atom is -0.370 e. The SMILES string of the molecule is CCCNc1nc2c(Cl)ccc(C)c2cc1C(C)(C)C. The Labute approximate surface area is 126 Å². The van der Waals surface area contributed by atoms with Gasteiger partial charge in [-0.15, -0.1) is 0 Å². The summed E-state index contributed by atoms with van der Waals surface area (Å²) in [6, 6.07) is 6.21. The molecule has 0 amide bonds. The number of aromatic nitrogens is 1. The maximum absolute atomic E-state index is 6.31. The first kappa shape index (κ1) is 15.1. The Hall–Kier alpha value is -1.28. The van der Waals surface area contributed by atoms with Gasteiger partial charge in [-0.25, -0.2) is 4.98 Å². The fourth-order valence-electron chi connectivity index (χ4n) is 2.31. The molecule has 2 aromatic rings. The topological polar surface area (TPSA) is 24.9 Å². The van der Waals surface area contributed by atoms with Crippen LogP contribution in [0.5, 0.6) is 0 Å². The van der Waals surface area contributed by atoms with Crippen molar-refractivity contribution in [2.75, 3.05) is 11.9 Å². The fourth-order valence-corrected chi connectivity index (χ4v) is 2.52. The second-order valence-electron chi connectivity index (χ2n) is 6.32. The van der Waals surface area contributed by atoms with Gasteiger partial charge in [-0.2, -0.15) is 0 Å². The second kappa shape index (κ2) is 5.61. The van der Waals surface area contributed by atoms with E-state index in [-0.39, 0.29) is 5.41 Å². The molecule has 0 unspecified atom stereocenters. The molecular formula is C17H23ClN2. The lowest BCUT2D eigenvalue weighted by atomic mass is 9.86. The third kappa shape index (κ3) is 2.90. The van der Waals surface area contributed by atoms with Crippen molar-refractivity contribution in [1.82, 2.24) is 4.98 Å². The molecule has 108 valence electrons. The van der Waals surface area contributed by atoms with Gasteiger partial charge in [0, 0.05) is 17.5 Å². The Bertz CT molecular complexity index is 627. The summed E-state index contributed by atoms with van der Waals surface area (Å²) in [5, 5.41) is 5.30. The Kier molecular flexibility index (Phi) is 4.24. The average molecular weight is 291 g/mol. The van der Waals surface area contributed by atoms with E-state index in [1.54, 1.807) is 0 Å². The molecule has 2 rings (SSSR count). The van der Waals surface area contributed by atoms with Crippen LogP contribution in [-0.2, 0) is 5.41 Å². The summed E-state index contributed by atoms with van der Waals surface area (Å²) < 4.78 is 0. The molecule has 1 aromatic carbocycles. The van der Waals surface area contributed by atoms with E-state index >= 15 is 0 Å². The van der Waals surface area contributed by atoms with E-state index in [4.69, 9.17) is 16.6 Å². The van der Waals surface area contributed by atoms with Gasteiger partial charge in [-0.1, -0.05) is 45.4 Å². The number of hydrogen-bond donors (Lipinski definition) is 1. The zero-order valence-corrected chi connectivity index (χ0v) is 13.7. The largest absolute Gasteiger partial charge is 0.370 e. The van der Waals surface area contributed by atoms with E-state index in [0.717, 1.165) is 29.7 Å². The number of halogens is 1. The van der Waals surface area contributed by atoms with Crippen LogP contribution in [-0.4, -0.2) is 11.5 Å². The molecule has 0 fully saturated rings. The van der Waals surface area contributed by atoms with Crippen LogP contribution >= 0.6 is 11.6 Å². The number of hydrogen-bond acceptors (Lipinski definition) is 2. The summed E-state index contributed by atoms with van der Waals surface area (Å²) in [5.74, 6) is 0.958. The number of pyridine rings is 1. The van der Waals surface area contributed by atoms with Crippen molar-refractivity contribution >= 4 is 28.3 Å². The van der Waals surface area contributed by atoms with E-state index in [0.29, 0.717) is 5.02 Å². The monoisotopic (exact) mass is 290 g/mol. The Morgan fingerprint density at radius 3 is 2.55 bits per heavy atom. The van der Waals surface area contributed by atoms with Gasteiger partial charge >= 0.3 is 0 Å². The highest BCUT2D eigenvalue weighted by Crippen LogP contribution is 2.34.